The molecule has 2 aliphatic rings. The first kappa shape index (κ1) is 16.6. The van der Waals surface area contributed by atoms with Gasteiger partial charge in [0.15, 0.2) is 0 Å². The third-order valence-corrected chi connectivity index (χ3v) is 7.46. The molecule has 3 atom stereocenters. The van der Waals surface area contributed by atoms with Crippen LogP contribution in [0.2, 0.25) is 0 Å². The van der Waals surface area contributed by atoms with Crippen molar-refractivity contribution in [1.29, 1.82) is 0 Å². The molecule has 1 saturated carbocycles. The number of sulfonamides is 1. The van der Waals surface area contributed by atoms with Gasteiger partial charge >= 0.3 is 0 Å². The molecule has 30 heavy (non-hydrogen) atoms. The predicted octanol–water partition coefficient (Wildman–Crippen LogP) is 1.27. The standard InChI is InChI=1S/C20H29N5O4S/c1-12-10-14-11-21-20(22-15-6-8-24(9-7-15)30(3,28)29)23-18(14)25(19(12)27)16-4-5-17(26)13(16)2/h10-11,13,15-17,26H,4-9H2,1-3H3,(H,21,22,23)/t13-,16-,17-/m0/s1/i1D3,15D. The predicted molar refractivity (Wildman–Crippen MR) is 115 cm³/mol. The molecule has 0 spiro atoms. The Kier molecular flexibility index (Phi) is 4.38. The molecule has 2 aromatic heterocycles. The molecule has 9 nitrogen and oxygen atoms in total. The van der Waals surface area contributed by atoms with Crippen LogP contribution in [-0.2, 0) is 10.0 Å². The largest absolute Gasteiger partial charge is 0.393 e. The van der Waals surface area contributed by atoms with Crippen molar-refractivity contribution in [3.8, 4) is 0 Å². The van der Waals surface area contributed by atoms with Crippen LogP contribution >= 0.6 is 0 Å². The maximum Gasteiger partial charge on any atom is 0.255 e. The number of pyridine rings is 1. The van der Waals surface area contributed by atoms with E-state index < -0.39 is 40.6 Å². The van der Waals surface area contributed by atoms with Gasteiger partial charge in [0.1, 0.15) is 5.65 Å². The Morgan fingerprint density at radius 1 is 1.30 bits per heavy atom. The molecule has 10 heteroatoms. The van der Waals surface area contributed by atoms with E-state index in [2.05, 4.69) is 15.3 Å². The molecular weight excluding hydrogens is 406 g/mol. The van der Waals surface area contributed by atoms with Gasteiger partial charge in [0.05, 0.1) is 13.7 Å². The Morgan fingerprint density at radius 3 is 2.63 bits per heavy atom. The third-order valence-electron chi connectivity index (χ3n) is 6.16. The average molecular weight is 440 g/mol. The topological polar surface area (TPSA) is 117 Å². The van der Waals surface area contributed by atoms with Crippen molar-refractivity contribution >= 4 is 27.0 Å². The minimum atomic E-state index is -3.34. The fourth-order valence-corrected chi connectivity index (χ4v) is 5.19. The maximum atomic E-state index is 13.3. The highest BCUT2D eigenvalue weighted by Gasteiger charge is 2.34. The second-order valence-electron chi connectivity index (χ2n) is 8.17. The van der Waals surface area contributed by atoms with Crippen molar-refractivity contribution in [2.75, 3.05) is 24.7 Å². The van der Waals surface area contributed by atoms with Crippen LogP contribution in [0.5, 0.6) is 0 Å². The van der Waals surface area contributed by atoms with Crippen molar-refractivity contribution < 1.29 is 19.0 Å². The summed E-state index contributed by atoms with van der Waals surface area (Å²) in [7, 11) is -3.34. The zero-order valence-corrected chi connectivity index (χ0v) is 17.8. The maximum absolute atomic E-state index is 13.3. The van der Waals surface area contributed by atoms with E-state index >= 15 is 0 Å². The van der Waals surface area contributed by atoms with Crippen LogP contribution in [0.1, 0.15) is 49.7 Å². The second kappa shape index (κ2) is 7.90. The molecule has 0 aromatic carbocycles. The summed E-state index contributed by atoms with van der Waals surface area (Å²) in [5, 5.41) is 13.6. The Balaban J connectivity index is 1.75. The third kappa shape index (κ3) is 3.95. The van der Waals surface area contributed by atoms with E-state index in [1.807, 2.05) is 6.92 Å². The van der Waals surface area contributed by atoms with Gasteiger partial charge in [-0.25, -0.2) is 17.7 Å². The molecule has 0 bridgehead atoms. The van der Waals surface area contributed by atoms with Crippen molar-refractivity contribution in [3.05, 3.63) is 28.2 Å². The zero-order chi connectivity index (χ0) is 25.1. The highest BCUT2D eigenvalue weighted by Crippen LogP contribution is 2.36. The summed E-state index contributed by atoms with van der Waals surface area (Å²) in [6.07, 6.45) is 3.37. The van der Waals surface area contributed by atoms with Crippen LogP contribution in [0.4, 0.5) is 5.95 Å². The van der Waals surface area contributed by atoms with Crippen LogP contribution in [0.3, 0.4) is 0 Å². The van der Waals surface area contributed by atoms with Crippen molar-refractivity contribution in [2.45, 2.75) is 57.6 Å². The van der Waals surface area contributed by atoms with Crippen LogP contribution in [0.25, 0.3) is 11.0 Å². The Labute approximate surface area is 181 Å². The average Bonchev–Trinajstić information content (AvgIpc) is 3.04. The molecule has 2 aromatic rings. The molecule has 0 amide bonds. The van der Waals surface area contributed by atoms with Gasteiger partial charge in [-0.2, -0.15) is 4.98 Å². The quantitative estimate of drug-likeness (QED) is 0.736. The van der Waals surface area contributed by atoms with E-state index in [1.54, 1.807) is 0 Å². The second-order valence-corrected chi connectivity index (χ2v) is 10.1. The van der Waals surface area contributed by atoms with Gasteiger partial charge in [-0.3, -0.25) is 9.36 Å². The van der Waals surface area contributed by atoms with E-state index in [0.717, 1.165) is 6.26 Å². The van der Waals surface area contributed by atoms with Gasteiger partial charge in [-0.15, -0.1) is 0 Å². The van der Waals surface area contributed by atoms with Gasteiger partial charge in [0.2, 0.25) is 16.0 Å². The normalized spacial score (nSPS) is 29.8. The van der Waals surface area contributed by atoms with Crippen molar-refractivity contribution in [3.63, 3.8) is 0 Å². The minimum Gasteiger partial charge on any atom is -0.393 e. The van der Waals surface area contributed by atoms with Gasteiger partial charge in [0, 0.05) is 52.3 Å². The summed E-state index contributed by atoms with van der Waals surface area (Å²) in [6.45, 7) is -0.430. The van der Waals surface area contributed by atoms with Crippen molar-refractivity contribution in [2.24, 2.45) is 5.92 Å². The van der Waals surface area contributed by atoms with Crippen molar-refractivity contribution in [1.82, 2.24) is 18.8 Å². The number of rotatable bonds is 4. The van der Waals surface area contributed by atoms with E-state index in [0.29, 0.717) is 18.2 Å². The van der Waals surface area contributed by atoms with E-state index in [1.165, 1.54) is 21.1 Å². The van der Waals surface area contributed by atoms with Gasteiger partial charge in [-0.05, 0) is 38.6 Å². The molecule has 1 aliphatic heterocycles. The van der Waals surface area contributed by atoms with E-state index in [9.17, 15) is 18.3 Å². The smallest absolute Gasteiger partial charge is 0.255 e. The summed E-state index contributed by atoms with van der Waals surface area (Å²) in [5.41, 5.74) is -0.772. The molecular formula is C20H29N5O4S. The summed E-state index contributed by atoms with van der Waals surface area (Å²) in [6, 6.07) is -0.352. The Morgan fingerprint density at radius 2 is 2.03 bits per heavy atom. The van der Waals surface area contributed by atoms with E-state index in [4.69, 9.17) is 5.48 Å². The van der Waals surface area contributed by atoms with Crippen LogP contribution < -0.4 is 10.9 Å². The first-order chi connectivity index (χ1) is 15.7. The molecule has 4 rings (SSSR count). The lowest BCUT2D eigenvalue weighted by atomic mass is 10.0. The molecule has 164 valence electrons. The van der Waals surface area contributed by atoms with Crippen LogP contribution in [0.15, 0.2) is 17.1 Å². The lowest BCUT2D eigenvalue weighted by Gasteiger charge is -2.30. The molecule has 1 saturated heterocycles. The fraction of sp³-hybridized carbons (Fsp3) is 0.650. The minimum absolute atomic E-state index is 0.0938. The summed E-state index contributed by atoms with van der Waals surface area (Å²) >= 11 is 0. The number of nitrogens with one attached hydrogen (secondary N) is 1. The lowest BCUT2D eigenvalue weighted by molar-refractivity contribution is 0.129. The molecule has 0 unspecified atom stereocenters. The molecule has 1 aliphatic carbocycles. The molecule has 0 radical (unpaired) electrons. The monoisotopic (exact) mass is 439 g/mol. The van der Waals surface area contributed by atoms with Crippen LogP contribution in [-0.4, -0.2) is 63.8 Å². The summed E-state index contributed by atoms with van der Waals surface area (Å²) < 4.78 is 58.3. The number of aromatic nitrogens is 3. The molecule has 3 heterocycles. The number of hydrogen-bond donors (Lipinski definition) is 2. The Bertz CT molecular complexity index is 1260. The number of nitrogens with zero attached hydrogens (tertiary/aromatic N) is 4. The van der Waals surface area contributed by atoms with Gasteiger partial charge < -0.3 is 10.4 Å². The first-order valence-electron chi connectivity index (χ1n) is 12.0. The highest BCUT2D eigenvalue weighted by atomic mass is 32.2. The van der Waals surface area contributed by atoms with Gasteiger partial charge in [-0.1, -0.05) is 6.92 Å². The number of piperidine rings is 1. The first-order valence-corrected chi connectivity index (χ1v) is 11.9. The summed E-state index contributed by atoms with van der Waals surface area (Å²) in [4.78, 5) is 22.0. The van der Waals surface area contributed by atoms with E-state index in [-0.39, 0.29) is 49.0 Å². The summed E-state index contributed by atoms with van der Waals surface area (Å²) in [5.74, 6) is -0.182. The highest BCUT2D eigenvalue weighted by molar-refractivity contribution is 7.88. The number of aliphatic hydroxyl groups is 1. The lowest BCUT2D eigenvalue weighted by Crippen LogP contribution is -2.42. The molecule has 2 N–H and O–H groups in total. The number of aryl methyl sites for hydroxylation is 1. The number of fused-ring (bicyclic) bond motifs is 1. The fourth-order valence-electron chi connectivity index (χ4n) is 4.35. The Hall–Kier alpha value is -2.04. The number of anilines is 1. The SMILES string of the molecule is [2H]C1(Nc2ncc3cc(C([2H])([2H])[2H])c(=O)n([C@H]4CC[C@H](O)[C@H]4C)c3n2)CCN(S(C)(=O)=O)CC1. The van der Waals surface area contributed by atoms with Gasteiger partial charge in [0.25, 0.3) is 5.56 Å². The number of aliphatic hydroxyl groups excluding tert-OH is 1. The molecule has 2 fully saturated rings. The zero-order valence-electron chi connectivity index (χ0n) is 21.0. The number of hydrogen-bond acceptors (Lipinski definition) is 7. The van der Waals surface area contributed by atoms with Crippen LogP contribution in [0, 0.1) is 12.8 Å².